The summed E-state index contributed by atoms with van der Waals surface area (Å²) in [6, 6.07) is 23.4. The molecule has 5 aromatic rings. The van der Waals surface area contributed by atoms with E-state index >= 15 is 0 Å². The van der Waals surface area contributed by atoms with Gasteiger partial charge in [-0.1, -0.05) is 156 Å². The van der Waals surface area contributed by atoms with E-state index in [1.165, 1.54) is 29.8 Å². The van der Waals surface area contributed by atoms with Crippen molar-refractivity contribution in [1.29, 1.82) is 0 Å². The molecule has 0 amide bonds. The summed E-state index contributed by atoms with van der Waals surface area (Å²) in [4.78, 5) is 0. The first kappa shape index (κ1) is 51.4. The van der Waals surface area contributed by atoms with Gasteiger partial charge in [-0.2, -0.15) is 26.3 Å². The summed E-state index contributed by atoms with van der Waals surface area (Å²) in [6.45, 7) is 32.7. The van der Waals surface area contributed by atoms with Gasteiger partial charge in [-0.05, 0) is 141 Å². The first-order valence-corrected chi connectivity index (χ1v) is 24.3. The molecule has 4 aromatic carbocycles. The van der Waals surface area contributed by atoms with E-state index in [-0.39, 0.29) is 27.6 Å². The number of fused-ring (bicyclic) bond motifs is 3. The van der Waals surface area contributed by atoms with Crippen LogP contribution in [0.5, 0.6) is 0 Å². The molecule has 3 atom stereocenters. The minimum absolute atomic E-state index is 0.104. The number of alkyl halides is 6. The van der Waals surface area contributed by atoms with E-state index in [2.05, 4.69) is 153 Å². The van der Waals surface area contributed by atoms with Crippen LogP contribution < -0.4 is 5.32 Å². The van der Waals surface area contributed by atoms with Crippen molar-refractivity contribution in [2.75, 3.05) is 6.54 Å². The van der Waals surface area contributed by atoms with E-state index in [1.807, 2.05) is 19.9 Å². The number of nitrogens with zero attached hydrogens (tertiary/aromatic N) is 1. The average Bonchev–Trinajstić information content (AvgIpc) is 3.73. The van der Waals surface area contributed by atoms with Crippen molar-refractivity contribution in [2.24, 2.45) is 28.6 Å². The number of rotatable bonds is 11. The minimum atomic E-state index is -4.64. The van der Waals surface area contributed by atoms with Crippen molar-refractivity contribution >= 4 is 38.6 Å². The molecule has 2 aliphatic rings. The molecule has 1 heterocycles. The zero-order valence-corrected chi connectivity index (χ0v) is 42.7. The molecular weight excluding hydrogens is 875 g/mol. The molecule has 1 aromatic heterocycles. The molecule has 7 rings (SSSR count). The van der Waals surface area contributed by atoms with E-state index in [0.717, 1.165) is 63.5 Å². The monoisotopic (exact) mass is 945 g/mol. The van der Waals surface area contributed by atoms with Gasteiger partial charge < -0.3 is 9.88 Å². The highest BCUT2D eigenvalue weighted by atomic mass is 19.4. The summed E-state index contributed by atoms with van der Waals surface area (Å²) < 4.78 is 90.2. The third kappa shape index (κ3) is 11.0. The van der Waals surface area contributed by atoms with Gasteiger partial charge in [0.1, 0.15) is 0 Å². The van der Waals surface area contributed by atoms with Crippen LogP contribution >= 0.6 is 0 Å². The first-order valence-electron chi connectivity index (χ1n) is 24.3. The van der Waals surface area contributed by atoms with Crippen LogP contribution in [0.15, 0.2) is 139 Å². The van der Waals surface area contributed by atoms with Crippen molar-refractivity contribution < 1.29 is 26.3 Å². The zero-order valence-electron chi connectivity index (χ0n) is 42.7. The molecule has 1 N–H and O–H groups in total. The normalized spacial score (nSPS) is 18.3. The predicted molar refractivity (Wildman–Crippen MR) is 278 cm³/mol. The number of aromatic nitrogens is 1. The number of benzene rings is 4. The van der Waals surface area contributed by atoms with Gasteiger partial charge in [0, 0.05) is 34.5 Å². The predicted octanol–water partition coefficient (Wildman–Crippen LogP) is 18.2. The Hall–Kier alpha value is -5.50. The maximum Gasteiger partial charge on any atom is 0.416 e. The lowest BCUT2D eigenvalue weighted by molar-refractivity contribution is -0.138. The Kier molecular flexibility index (Phi) is 13.7. The summed E-state index contributed by atoms with van der Waals surface area (Å²) in [6.07, 6.45) is 3.79. The molecule has 0 aliphatic heterocycles. The molecule has 2 aliphatic carbocycles. The highest BCUT2D eigenvalue weighted by molar-refractivity contribution is 6.21. The molecule has 0 radical (unpaired) electrons. The maximum absolute atomic E-state index is 14.7. The summed E-state index contributed by atoms with van der Waals surface area (Å²) in [5.41, 5.74) is 7.02. The molecule has 0 saturated carbocycles. The van der Waals surface area contributed by atoms with Gasteiger partial charge in [-0.15, -0.1) is 0 Å². The number of hydrogen-bond donors (Lipinski definition) is 1. The second-order valence-electron chi connectivity index (χ2n) is 23.4. The second kappa shape index (κ2) is 18.4. The lowest BCUT2D eigenvalue weighted by Crippen LogP contribution is -2.26. The molecule has 0 bridgehead atoms. The van der Waals surface area contributed by atoms with Crippen molar-refractivity contribution in [3.8, 4) is 0 Å². The number of hydrogen-bond acceptors (Lipinski definition) is 1. The third-order valence-corrected chi connectivity index (χ3v) is 14.2. The zero-order chi connectivity index (χ0) is 50.8. The largest absolute Gasteiger partial charge is 0.416 e. The average molecular weight is 945 g/mol. The number of halogens is 6. The van der Waals surface area contributed by atoms with Crippen molar-refractivity contribution in [3.63, 3.8) is 0 Å². The van der Waals surface area contributed by atoms with Crippen molar-refractivity contribution in [2.45, 2.75) is 126 Å². The SMILES string of the molecule is C=C(/C=C\C(C)(C)CC1C=CC(C(C)(C)C)=CC1)NC[C@H](C)[C@@H]1C(C)=C(c2cccc(C(F)(F)F)c2)C(n2c3ccc(C(C)(C)C)cc3c3cc(C(C)(C)C)ccc32)=C1c1cccc(C(F)(F)F)c1. The standard InChI is InChI=1S/C61H70F6N2/c1-37(36-68-38(2)29-30-59(13,14)35-40-21-23-43(24-22-40)56(4,5)6)52-39(3)53(41-17-15-19-46(31-41)60(62,63)64)55(54(52)42-18-16-20-47(32-42)61(65,66)67)69-50-27-25-44(57(7,8)9)33-48(50)49-34-45(58(10,11)12)26-28-51(49)69/h15-21,23-34,37,40,52,68H,2,22,35-36H2,1,3-14H3/b30-29-/t37-,40?,52+/m0/s1. The Balaban J connectivity index is 1.41. The van der Waals surface area contributed by atoms with Crippen LogP contribution in [0.4, 0.5) is 26.3 Å². The van der Waals surface area contributed by atoms with Gasteiger partial charge in [0.25, 0.3) is 0 Å². The van der Waals surface area contributed by atoms with Crippen LogP contribution in [0.25, 0.3) is 38.6 Å². The Bertz CT molecular complexity index is 2860. The molecule has 0 spiro atoms. The molecule has 69 heavy (non-hydrogen) atoms. The summed E-state index contributed by atoms with van der Waals surface area (Å²) in [7, 11) is 0. The molecule has 1 unspecified atom stereocenters. The van der Waals surface area contributed by atoms with Gasteiger partial charge in [-0.25, -0.2) is 0 Å². The highest BCUT2D eigenvalue weighted by Crippen LogP contribution is 2.55. The summed E-state index contributed by atoms with van der Waals surface area (Å²) in [5, 5.41) is 5.44. The summed E-state index contributed by atoms with van der Waals surface area (Å²) >= 11 is 0. The van der Waals surface area contributed by atoms with Crippen LogP contribution in [0, 0.1) is 28.6 Å². The second-order valence-corrected chi connectivity index (χ2v) is 23.4. The Morgan fingerprint density at radius 2 is 1.22 bits per heavy atom. The van der Waals surface area contributed by atoms with Crippen molar-refractivity contribution in [1.82, 2.24) is 9.88 Å². The molecule has 0 saturated heterocycles. The number of nitrogens with one attached hydrogen (secondary N) is 1. The van der Waals surface area contributed by atoms with Gasteiger partial charge in [0.2, 0.25) is 0 Å². The molecular formula is C61H70F6N2. The maximum atomic E-state index is 14.7. The quantitative estimate of drug-likeness (QED) is 0.103. The van der Waals surface area contributed by atoms with Crippen LogP contribution in [0.1, 0.15) is 136 Å². The van der Waals surface area contributed by atoms with Crippen LogP contribution in [0.3, 0.4) is 0 Å². The molecule has 2 nitrogen and oxygen atoms in total. The topological polar surface area (TPSA) is 17.0 Å². The molecule has 0 fully saturated rings. The fourth-order valence-electron chi connectivity index (χ4n) is 10.3. The van der Waals surface area contributed by atoms with E-state index < -0.39 is 29.4 Å². The third-order valence-electron chi connectivity index (χ3n) is 14.2. The van der Waals surface area contributed by atoms with Gasteiger partial charge in [-0.3, -0.25) is 0 Å². The van der Waals surface area contributed by atoms with Gasteiger partial charge in [0.15, 0.2) is 0 Å². The number of allylic oxidation sites excluding steroid dienone is 10. The first-order chi connectivity index (χ1) is 31.8. The minimum Gasteiger partial charge on any atom is -0.385 e. The highest BCUT2D eigenvalue weighted by Gasteiger charge is 2.41. The van der Waals surface area contributed by atoms with Gasteiger partial charge in [0.05, 0.1) is 27.9 Å². The van der Waals surface area contributed by atoms with E-state index in [0.29, 0.717) is 46.1 Å². The van der Waals surface area contributed by atoms with Crippen LogP contribution in [-0.4, -0.2) is 11.1 Å². The Labute approximate surface area is 406 Å². The van der Waals surface area contributed by atoms with E-state index in [4.69, 9.17) is 0 Å². The molecule has 8 heteroatoms. The Morgan fingerprint density at radius 1 is 0.696 bits per heavy atom. The van der Waals surface area contributed by atoms with Crippen molar-refractivity contribution in [3.05, 3.63) is 172 Å². The van der Waals surface area contributed by atoms with E-state index in [1.54, 1.807) is 12.1 Å². The fraction of sp³-hybridized carbons (Fsp3) is 0.410. The molecule has 366 valence electrons. The lowest BCUT2D eigenvalue weighted by Gasteiger charge is -2.29. The smallest absolute Gasteiger partial charge is 0.385 e. The Morgan fingerprint density at radius 3 is 1.70 bits per heavy atom. The lowest BCUT2D eigenvalue weighted by atomic mass is 9.76. The summed E-state index contributed by atoms with van der Waals surface area (Å²) in [5.74, 6) is -0.380. The van der Waals surface area contributed by atoms with E-state index in [9.17, 15) is 26.3 Å². The van der Waals surface area contributed by atoms with Crippen LogP contribution in [0.2, 0.25) is 0 Å². The van der Waals surface area contributed by atoms with Crippen LogP contribution in [-0.2, 0) is 23.2 Å². The van der Waals surface area contributed by atoms with Gasteiger partial charge >= 0.3 is 12.4 Å². The fourth-order valence-corrected chi connectivity index (χ4v) is 10.3.